The number of aliphatic carboxylic acids is 1. The zero-order valence-electron chi connectivity index (χ0n) is 9.41. The zero-order chi connectivity index (χ0) is 13.9. The van der Waals surface area contributed by atoms with E-state index in [0.717, 1.165) is 0 Å². The Morgan fingerprint density at radius 1 is 1.50 bits per heavy atom. The fraction of sp³-hybridized carbons (Fsp3) is 0.182. The van der Waals surface area contributed by atoms with Gasteiger partial charge in [-0.25, -0.2) is 0 Å². The van der Waals surface area contributed by atoms with E-state index in [-0.39, 0.29) is 16.9 Å². The predicted octanol–water partition coefficient (Wildman–Crippen LogP) is 0.531. The third-order valence-corrected chi connectivity index (χ3v) is 3.27. The molecule has 0 aliphatic carbocycles. The highest BCUT2D eigenvalue weighted by atomic mass is 32.2. The van der Waals surface area contributed by atoms with Gasteiger partial charge in [0.15, 0.2) is 0 Å². The highest BCUT2D eigenvalue weighted by molar-refractivity contribution is 7.85. The standard InChI is InChI=1S/C11H13NO5S/c1-2-8-5-7(6-9(12)11(13)14)3-4-10(8)18(15,16)17/h2-5,9H,1,6,12H2,(H,13,14)(H,15,16,17). The van der Waals surface area contributed by atoms with E-state index in [9.17, 15) is 13.2 Å². The highest BCUT2D eigenvalue weighted by Gasteiger charge is 2.16. The Morgan fingerprint density at radius 3 is 2.56 bits per heavy atom. The van der Waals surface area contributed by atoms with E-state index in [2.05, 4.69) is 6.58 Å². The summed E-state index contributed by atoms with van der Waals surface area (Å²) in [5.74, 6) is -1.14. The van der Waals surface area contributed by atoms with Crippen LogP contribution >= 0.6 is 0 Å². The van der Waals surface area contributed by atoms with Crippen LogP contribution in [0, 0.1) is 0 Å². The van der Waals surface area contributed by atoms with Crippen LogP contribution in [0.15, 0.2) is 29.7 Å². The molecule has 98 valence electrons. The molecule has 0 saturated carbocycles. The number of hydrogen-bond donors (Lipinski definition) is 3. The van der Waals surface area contributed by atoms with Crippen molar-refractivity contribution in [1.82, 2.24) is 0 Å². The smallest absolute Gasteiger partial charge is 0.320 e. The summed E-state index contributed by atoms with van der Waals surface area (Å²) < 4.78 is 31.1. The van der Waals surface area contributed by atoms with Gasteiger partial charge in [0.1, 0.15) is 10.9 Å². The summed E-state index contributed by atoms with van der Waals surface area (Å²) >= 11 is 0. The Labute approximate surface area is 104 Å². The van der Waals surface area contributed by atoms with Crippen molar-refractivity contribution >= 4 is 22.2 Å². The van der Waals surface area contributed by atoms with Crippen molar-refractivity contribution < 1.29 is 22.9 Å². The molecule has 1 aromatic rings. The Bertz CT molecular complexity index is 579. The lowest BCUT2D eigenvalue weighted by atomic mass is 10.0. The fourth-order valence-corrected chi connectivity index (χ4v) is 2.14. The van der Waals surface area contributed by atoms with Crippen LogP contribution in [-0.2, 0) is 21.3 Å². The first-order chi connectivity index (χ1) is 8.25. The van der Waals surface area contributed by atoms with Gasteiger partial charge in [0.25, 0.3) is 10.1 Å². The number of nitrogens with two attached hydrogens (primary N) is 1. The summed E-state index contributed by atoms with van der Waals surface area (Å²) in [6.45, 7) is 3.44. The molecule has 18 heavy (non-hydrogen) atoms. The molecule has 1 aromatic carbocycles. The number of carboxylic acids is 1. The van der Waals surface area contributed by atoms with Gasteiger partial charge in [0, 0.05) is 0 Å². The highest BCUT2D eigenvalue weighted by Crippen LogP contribution is 2.19. The van der Waals surface area contributed by atoms with E-state index in [1.807, 2.05) is 0 Å². The van der Waals surface area contributed by atoms with Gasteiger partial charge < -0.3 is 10.8 Å². The molecular formula is C11H13NO5S. The second kappa shape index (κ2) is 5.30. The summed E-state index contributed by atoms with van der Waals surface area (Å²) in [5, 5.41) is 8.67. The van der Waals surface area contributed by atoms with E-state index in [4.69, 9.17) is 15.4 Å². The van der Waals surface area contributed by atoms with Gasteiger partial charge in [0.05, 0.1) is 0 Å². The number of hydrogen-bond acceptors (Lipinski definition) is 4. The van der Waals surface area contributed by atoms with E-state index >= 15 is 0 Å². The summed E-state index contributed by atoms with van der Waals surface area (Å²) in [6, 6.07) is 2.95. The summed E-state index contributed by atoms with van der Waals surface area (Å²) in [6.07, 6.45) is 1.32. The number of carboxylic acid groups (broad SMARTS) is 1. The summed E-state index contributed by atoms with van der Waals surface area (Å²) in [4.78, 5) is 10.3. The third-order valence-electron chi connectivity index (χ3n) is 2.34. The van der Waals surface area contributed by atoms with E-state index < -0.39 is 22.1 Å². The van der Waals surface area contributed by atoms with Crippen LogP contribution in [0.2, 0.25) is 0 Å². The minimum atomic E-state index is -4.33. The van der Waals surface area contributed by atoms with Crippen LogP contribution in [-0.4, -0.2) is 30.1 Å². The first-order valence-corrected chi connectivity index (χ1v) is 6.41. The van der Waals surface area contributed by atoms with Crippen LogP contribution in [0.1, 0.15) is 11.1 Å². The largest absolute Gasteiger partial charge is 0.480 e. The van der Waals surface area contributed by atoms with Gasteiger partial charge in [-0.2, -0.15) is 8.42 Å². The zero-order valence-corrected chi connectivity index (χ0v) is 10.2. The molecule has 0 amide bonds. The molecule has 0 saturated heterocycles. The number of benzene rings is 1. The molecule has 0 aromatic heterocycles. The van der Waals surface area contributed by atoms with Gasteiger partial charge in [-0.15, -0.1) is 0 Å². The topological polar surface area (TPSA) is 118 Å². The van der Waals surface area contributed by atoms with Gasteiger partial charge >= 0.3 is 5.97 Å². The van der Waals surface area contributed by atoms with Crippen molar-refractivity contribution in [2.24, 2.45) is 5.73 Å². The minimum absolute atomic E-state index is 0.0575. The molecule has 0 aliphatic rings. The summed E-state index contributed by atoms with van der Waals surface area (Å²) in [5.41, 5.74) is 6.12. The van der Waals surface area contributed by atoms with E-state index in [1.165, 1.54) is 24.3 Å². The number of carbonyl (C=O) groups is 1. The van der Waals surface area contributed by atoms with Gasteiger partial charge in [0.2, 0.25) is 0 Å². The summed E-state index contributed by atoms with van der Waals surface area (Å²) in [7, 11) is -4.33. The normalized spacial score (nSPS) is 13.0. The van der Waals surface area contributed by atoms with Crippen molar-refractivity contribution in [2.45, 2.75) is 17.4 Å². The maximum absolute atomic E-state index is 11.0. The first kappa shape index (κ1) is 14.4. The molecule has 0 bridgehead atoms. The molecule has 0 spiro atoms. The second-order valence-corrected chi connectivity index (χ2v) is 5.09. The molecule has 0 aliphatic heterocycles. The third kappa shape index (κ3) is 3.39. The average Bonchev–Trinajstić information content (AvgIpc) is 2.27. The maximum Gasteiger partial charge on any atom is 0.320 e. The van der Waals surface area contributed by atoms with Gasteiger partial charge in [-0.3, -0.25) is 9.35 Å². The average molecular weight is 271 g/mol. The van der Waals surface area contributed by atoms with Crippen molar-refractivity contribution in [3.05, 3.63) is 35.9 Å². The molecule has 6 nitrogen and oxygen atoms in total. The van der Waals surface area contributed by atoms with Crippen molar-refractivity contribution in [3.8, 4) is 0 Å². The molecule has 0 radical (unpaired) electrons. The second-order valence-electron chi connectivity index (χ2n) is 3.70. The quantitative estimate of drug-likeness (QED) is 0.672. The Morgan fingerprint density at radius 2 is 2.11 bits per heavy atom. The molecule has 1 atom stereocenters. The monoisotopic (exact) mass is 271 g/mol. The Kier molecular flexibility index (Phi) is 4.23. The fourth-order valence-electron chi connectivity index (χ4n) is 1.46. The van der Waals surface area contributed by atoms with Crippen LogP contribution in [0.5, 0.6) is 0 Å². The SMILES string of the molecule is C=Cc1cc(CC(N)C(=O)O)ccc1S(=O)(=O)O. The lowest BCUT2D eigenvalue weighted by molar-refractivity contribution is -0.138. The van der Waals surface area contributed by atoms with Crippen molar-refractivity contribution in [1.29, 1.82) is 0 Å². The van der Waals surface area contributed by atoms with Gasteiger partial charge in [-0.05, 0) is 23.6 Å². The molecule has 7 heteroatoms. The first-order valence-electron chi connectivity index (χ1n) is 4.97. The Balaban J connectivity index is 3.14. The van der Waals surface area contributed by atoms with E-state index in [0.29, 0.717) is 5.56 Å². The van der Waals surface area contributed by atoms with Crippen LogP contribution in [0.3, 0.4) is 0 Å². The molecule has 0 heterocycles. The van der Waals surface area contributed by atoms with Crippen molar-refractivity contribution in [2.75, 3.05) is 0 Å². The molecular weight excluding hydrogens is 258 g/mol. The van der Waals surface area contributed by atoms with Crippen LogP contribution < -0.4 is 5.73 Å². The van der Waals surface area contributed by atoms with E-state index in [1.54, 1.807) is 0 Å². The van der Waals surface area contributed by atoms with Crippen LogP contribution in [0.25, 0.3) is 6.08 Å². The predicted molar refractivity (Wildman–Crippen MR) is 65.7 cm³/mol. The Hall–Kier alpha value is -1.70. The molecule has 1 unspecified atom stereocenters. The lowest BCUT2D eigenvalue weighted by Gasteiger charge is -2.09. The van der Waals surface area contributed by atoms with Crippen LogP contribution in [0.4, 0.5) is 0 Å². The number of rotatable bonds is 5. The maximum atomic E-state index is 11.0. The molecule has 0 fully saturated rings. The van der Waals surface area contributed by atoms with Crippen molar-refractivity contribution in [3.63, 3.8) is 0 Å². The molecule has 1 rings (SSSR count). The molecule has 4 N–H and O–H groups in total. The van der Waals surface area contributed by atoms with Gasteiger partial charge in [-0.1, -0.05) is 24.8 Å². The minimum Gasteiger partial charge on any atom is -0.480 e. The lowest BCUT2D eigenvalue weighted by Crippen LogP contribution is -2.32.